The Bertz CT molecular complexity index is 257. The standard InChI is InChI=1S/C14H28N2S/c1-6-8-10-15-11-12(9-7-2)16(13(15)17)14(3,4)5/h12H,6-11H2,1-5H3. The van der Waals surface area contributed by atoms with Crippen LogP contribution in [0.15, 0.2) is 0 Å². The van der Waals surface area contributed by atoms with Crippen molar-refractivity contribution in [1.29, 1.82) is 0 Å². The minimum atomic E-state index is 0.151. The van der Waals surface area contributed by atoms with Gasteiger partial charge in [0, 0.05) is 24.7 Å². The van der Waals surface area contributed by atoms with Gasteiger partial charge >= 0.3 is 0 Å². The zero-order valence-electron chi connectivity index (χ0n) is 12.1. The summed E-state index contributed by atoms with van der Waals surface area (Å²) in [5, 5.41) is 1.07. The number of hydrogen-bond donors (Lipinski definition) is 0. The summed E-state index contributed by atoms with van der Waals surface area (Å²) in [5.74, 6) is 0. The Morgan fingerprint density at radius 1 is 1.24 bits per heavy atom. The molecule has 0 amide bonds. The molecule has 1 aliphatic rings. The lowest BCUT2D eigenvalue weighted by Crippen LogP contribution is -2.48. The second kappa shape index (κ2) is 6.03. The van der Waals surface area contributed by atoms with Crippen LogP contribution in [-0.4, -0.2) is 39.6 Å². The lowest BCUT2D eigenvalue weighted by atomic mass is 10.0. The van der Waals surface area contributed by atoms with E-state index in [0.717, 1.165) is 18.2 Å². The van der Waals surface area contributed by atoms with Crippen LogP contribution in [0, 0.1) is 0 Å². The summed E-state index contributed by atoms with van der Waals surface area (Å²) in [5.41, 5.74) is 0.151. The Hall–Kier alpha value is -0.310. The first-order valence-electron chi connectivity index (χ1n) is 7.00. The first-order valence-corrected chi connectivity index (χ1v) is 7.40. The van der Waals surface area contributed by atoms with Gasteiger partial charge in [-0.1, -0.05) is 26.7 Å². The lowest BCUT2D eigenvalue weighted by Gasteiger charge is -2.38. The van der Waals surface area contributed by atoms with Crippen LogP contribution in [0.2, 0.25) is 0 Å². The van der Waals surface area contributed by atoms with Crippen LogP contribution in [0.25, 0.3) is 0 Å². The third kappa shape index (κ3) is 3.57. The molecule has 0 aliphatic carbocycles. The summed E-state index contributed by atoms with van der Waals surface area (Å²) in [7, 11) is 0. The largest absolute Gasteiger partial charge is 0.347 e. The van der Waals surface area contributed by atoms with Crippen LogP contribution in [0.1, 0.15) is 60.3 Å². The molecule has 17 heavy (non-hydrogen) atoms. The SMILES string of the molecule is CCCCN1CC(CCC)N(C(C)(C)C)C1=S. The van der Waals surface area contributed by atoms with Crippen molar-refractivity contribution < 1.29 is 0 Å². The van der Waals surface area contributed by atoms with Gasteiger partial charge < -0.3 is 9.80 Å². The normalized spacial score (nSPS) is 21.5. The van der Waals surface area contributed by atoms with E-state index in [1.165, 1.54) is 25.7 Å². The average molecular weight is 256 g/mol. The van der Waals surface area contributed by atoms with Crippen molar-refractivity contribution in [3.05, 3.63) is 0 Å². The van der Waals surface area contributed by atoms with Gasteiger partial charge in [-0.3, -0.25) is 0 Å². The molecule has 2 nitrogen and oxygen atoms in total. The molecule has 1 heterocycles. The fourth-order valence-electron chi connectivity index (χ4n) is 2.65. The molecule has 1 saturated heterocycles. The van der Waals surface area contributed by atoms with E-state index in [9.17, 15) is 0 Å². The van der Waals surface area contributed by atoms with Gasteiger partial charge in [0.15, 0.2) is 5.11 Å². The summed E-state index contributed by atoms with van der Waals surface area (Å²) < 4.78 is 0. The Kier molecular flexibility index (Phi) is 5.23. The molecule has 0 spiro atoms. The topological polar surface area (TPSA) is 6.48 Å². The molecule has 1 fully saturated rings. The molecule has 0 bridgehead atoms. The van der Waals surface area contributed by atoms with Crippen molar-refractivity contribution in [2.45, 2.75) is 71.9 Å². The van der Waals surface area contributed by atoms with Crippen LogP contribution in [-0.2, 0) is 0 Å². The maximum atomic E-state index is 5.67. The predicted molar refractivity (Wildman–Crippen MR) is 79.4 cm³/mol. The zero-order chi connectivity index (χ0) is 13.1. The van der Waals surface area contributed by atoms with Gasteiger partial charge in [-0.25, -0.2) is 0 Å². The van der Waals surface area contributed by atoms with E-state index in [1.807, 2.05) is 0 Å². The van der Waals surface area contributed by atoms with E-state index in [-0.39, 0.29) is 5.54 Å². The summed E-state index contributed by atoms with van der Waals surface area (Å²) >= 11 is 5.67. The van der Waals surface area contributed by atoms with Crippen LogP contribution in [0.4, 0.5) is 0 Å². The van der Waals surface area contributed by atoms with Gasteiger partial charge in [0.25, 0.3) is 0 Å². The molecule has 0 aromatic rings. The second-order valence-corrected chi connectivity index (χ2v) is 6.43. The number of nitrogens with zero attached hydrogens (tertiary/aromatic N) is 2. The highest BCUT2D eigenvalue weighted by Gasteiger charge is 2.39. The van der Waals surface area contributed by atoms with E-state index in [1.54, 1.807) is 0 Å². The molecule has 0 radical (unpaired) electrons. The summed E-state index contributed by atoms with van der Waals surface area (Å²) in [6.45, 7) is 13.6. The lowest BCUT2D eigenvalue weighted by molar-refractivity contribution is 0.192. The van der Waals surface area contributed by atoms with Gasteiger partial charge in [0.2, 0.25) is 0 Å². The van der Waals surface area contributed by atoms with E-state index >= 15 is 0 Å². The summed E-state index contributed by atoms with van der Waals surface area (Å²) in [6.07, 6.45) is 4.98. The summed E-state index contributed by atoms with van der Waals surface area (Å²) in [6, 6.07) is 0.615. The minimum Gasteiger partial charge on any atom is -0.347 e. The highest BCUT2D eigenvalue weighted by Crippen LogP contribution is 2.28. The van der Waals surface area contributed by atoms with Gasteiger partial charge in [-0.05, 0) is 45.8 Å². The van der Waals surface area contributed by atoms with Crippen molar-refractivity contribution in [3.63, 3.8) is 0 Å². The van der Waals surface area contributed by atoms with Crippen molar-refractivity contribution in [1.82, 2.24) is 9.80 Å². The fraction of sp³-hybridized carbons (Fsp3) is 0.929. The first-order chi connectivity index (χ1) is 7.91. The Labute approximate surface area is 112 Å². The smallest absolute Gasteiger partial charge is 0.172 e. The molecule has 1 unspecified atom stereocenters. The molecule has 0 N–H and O–H groups in total. The van der Waals surface area contributed by atoms with Gasteiger partial charge in [0.05, 0.1) is 0 Å². The number of rotatable bonds is 5. The van der Waals surface area contributed by atoms with E-state index in [0.29, 0.717) is 6.04 Å². The minimum absolute atomic E-state index is 0.151. The maximum absolute atomic E-state index is 5.67. The molecule has 1 atom stereocenters. The fourth-order valence-corrected chi connectivity index (χ4v) is 3.24. The summed E-state index contributed by atoms with van der Waals surface area (Å²) in [4.78, 5) is 4.87. The van der Waals surface area contributed by atoms with E-state index in [2.05, 4.69) is 44.4 Å². The first kappa shape index (κ1) is 14.7. The van der Waals surface area contributed by atoms with Crippen LogP contribution in [0.5, 0.6) is 0 Å². The molecule has 1 rings (SSSR count). The third-order valence-electron chi connectivity index (χ3n) is 3.40. The van der Waals surface area contributed by atoms with Crippen molar-refractivity contribution in [2.24, 2.45) is 0 Å². The highest BCUT2D eigenvalue weighted by molar-refractivity contribution is 7.80. The van der Waals surface area contributed by atoms with Crippen LogP contribution >= 0.6 is 12.2 Å². The average Bonchev–Trinajstić information content (AvgIpc) is 2.52. The molecule has 1 aliphatic heterocycles. The Balaban J connectivity index is 2.75. The van der Waals surface area contributed by atoms with Gasteiger partial charge in [-0.2, -0.15) is 0 Å². The van der Waals surface area contributed by atoms with E-state index in [4.69, 9.17) is 12.2 Å². The molecule has 3 heteroatoms. The van der Waals surface area contributed by atoms with Gasteiger partial charge in [-0.15, -0.1) is 0 Å². The third-order valence-corrected chi connectivity index (χ3v) is 3.85. The highest BCUT2D eigenvalue weighted by atomic mass is 32.1. The van der Waals surface area contributed by atoms with Crippen LogP contribution in [0.3, 0.4) is 0 Å². The van der Waals surface area contributed by atoms with Crippen molar-refractivity contribution in [3.8, 4) is 0 Å². The molecule has 0 aromatic heterocycles. The van der Waals surface area contributed by atoms with Crippen LogP contribution < -0.4 is 0 Å². The quantitative estimate of drug-likeness (QED) is 0.693. The Morgan fingerprint density at radius 2 is 1.88 bits per heavy atom. The molecule has 0 aromatic carbocycles. The van der Waals surface area contributed by atoms with Gasteiger partial charge in [0.1, 0.15) is 0 Å². The monoisotopic (exact) mass is 256 g/mol. The molecular weight excluding hydrogens is 228 g/mol. The Morgan fingerprint density at radius 3 is 2.35 bits per heavy atom. The molecule has 100 valence electrons. The predicted octanol–water partition coefficient (Wildman–Crippen LogP) is 3.66. The number of thiocarbonyl (C=S) groups is 1. The maximum Gasteiger partial charge on any atom is 0.172 e. The van der Waals surface area contributed by atoms with E-state index < -0.39 is 0 Å². The van der Waals surface area contributed by atoms with Crippen molar-refractivity contribution in [2.75, 3.05) is 13.1 Å². The zero-order valence-corrected chi connectivity index (χ0v) is 12.9. The molecular formula is C14H28N2S. The second-order valence-electron chi connectivity index (χ2n) is 6.07. The molecule has 0 saturated carbocycles. The number of hydrogen-bond acceptors (Lipinski definition) is 1. The number of unbranched alkanes of at least 4 members (excludes halogenated alkanes) is 1. The van der Waals surface area contributed by atoms with Crippen molar-refractivity contribution >= 4 is 17.3 Å².